The molecule has 0 aromatic heterocycles. The van der Waals surface area contributed by atoms with Gasteiger partial charge >= 0.3 is 0 Å². The topological polar surface area (TPSA) is 29.1 Å². The van der Waals surface area contributed by atoms with Gasteiger partial charge in [-0.1, -0.05) is 22.0 Å². The first-order chi connectivity index (χ1) is 9.95. The molecule has 0 aliphatic carbocycles. The van der Waals surface area contributed by atoms with Crippen LogP contribution < -0.4 is 5.32 Å². The molecule has 0 bridgehead atoms. The van der Waals surface area contributed by atoms with E-state index < -0.39 is 16.9 Å². The van der Waals surface area contributed by atoms with Gasteiger partial charge in [-0.2, -0.15) is 0 Å². The Hall–Kier alpha value is -1.40. The van der Waals surface area contributed by atoms with Crippen molar-refractivity contribution in [3.8, 4) is 0 Å². The number of benzene rings is 2. The number of rotatable bonds is 4. The van der Waals surface area contributed by atoms with Crippen molar-refractivity contribution >= 4 is 39.3 Å². The molecule has 2 aromatic rings. The number of hydrogen-bond donors (Lipinski definition) is 1. The summed E-state index contributed by atoms with van der Waals surface area (Å²) < 4.78 is 27.5. The minimum atomic E-state index is -0.663. The van der Waals surface area contributed by atoms with Gasteiger partial charge in [0.15, 0.2) is 0 Å². The summed E-state index contributed by atoms with van der Waals surface area (Å²) in [6.45, 7) is 1.71. The van der Waals surface area contributed by atoms with Gasteiger partial charge in [-0.3, -0.25) is 4.79 Å². The molecule has 1 unspecified atom stereocenters. The van der Waals surface area contributed by atoms with Crippen LogP contribution in [0.15, 0.2) is 51.8 Å². The van der Waals surface area contributed by atoms with Crippen molar-refractivity contribution in [1.29, 1.82) is 0 Å². The van der Waals surface area contributed by atoms with E-state index in [1.165, 1.54) is 11.8 Å². The second-order valence-electron chi connectivity index (χ2n) is 4.33. The summed E-state index contributed by atoms with van der Waals surface area (Å²) in [6.07, 6.45) is 0. The van der Waals surface area contributed by atoms with Crippen LogP contribution in [0.4, 0.5) is 14.5 Å². The molecular formula is C15H12BrF2NOS. The highest BCUT2D eigenvalue weighted by molar-refractivity contribution is 9.10. The molecule has 0 aliphatic rings. The lowest BCUT2D eigenvalue weighted by Crippen LogP contribution is -2.23. The number of carbonyl (C=O) groups excluding carboxylic acids is 1. The van der Waals surface area contributed by atoms with Crippen LogP contribution in [0.3, 0.4) is 0 Å². The first-order valence-electron chi connectivity index (χ1n) is 6.14. The number of nitrogens with one attached hydrogen (secondary N) is 1. The van der Waals surface area contributed by atoms with E-state index in [9.17, 15) is 13.6 Å². The Bertz CT molecular complexity index is 666. The van der Waals surface area contributed by atoms with Crippen LogP contribution in [-0.2, 0) is 4.79 Å². The van der Waals surface area contributed by atoms with E-state index >= 15 is 0 Å². The molecule has 1 amide bonds. The second kappa shape index (κ2) is 7.04. The first-order valence-corrected chi connectivity index (χ1v) is 7.81. The van der Waals surface area contributed by atoms with E-state index in [4.69, 9.17) is 0 Å². The van der Waals surface area contributed by atoms with Gasteiger partial charge in [0.25, 0.3) is 0 Å². The quantitative estimate of drug-likeness (QED) is 0.778. The van der Waals surface area contributed by atoms with Crippen molar-refractivity contribution < 1.29 is 13.6 Å². The standard InChI is InChI=1S/C15H12BrF2NOS/c1-9(21-12-4-2-3-10(16)7-12)15(20)19-14-8-11(17)5-6-13(14)18/h2-9H,1H3,(H,19,20). The van der Waals surface area contributed by atoms with Gasteiger partial charge in [0.05, 0.1) is 10.9 Å². The van der Waals surface area contributed by atoms with Crippen molar-refractivity contribution in [3.63, 3.8) is 0 Å². The minimum absolute atomic E-state index is 0.151. The molecule has 0 aliphatic heterocycles. The van der Waals surface area contributed by atoms with Gasteiger partial charge < -0.3 is 5.32 Å². The number of hydrogen-bond acceptors (Lipinski definition) is 2. The summed E-state index contributed by atoms with van der Waals surface area (Å²) in [5, 5.41) is 1.96. The predicted octanol–water partition coefficient (Wildman–Crippen LogP) is 4.85. The first kappa shape index (κ1) is 16.0. The molecular weight excluding hydrogens is 360 g/mol. The molecule has 110 valence electrons. The van der Waals surface area contributed by atoms with Crippen molar-refractivity contribution in [2.24, 2.45) is 0 Å². The van der Waals surface area contributed by atoms with Crippen molar-refractivity contribution in [2.75, 3.05) is 5.32 Å². The molecule has 0 saturated carbocycles. The summed E-state index contributed by atoms with van der Waals surface area (Å²) >= 11 is 4.69. The molecule has 6 heteroatoms. The zero-order valence-corrected chi connectivity index (χ0v) is 13.5. The maximum absolute atomic E-state index is 13.5. The Balaban J connectivity index is 2.04. The highest BCUT2D eigenvalue weighted by Crippen LogP contribution is 2.27. The number of halogens is 3. The smallest absolute Gasteiger partial charge is 0.237 e. The van der Waals surface area contributed by atoms with Gasteiger partial charge in [-0.25, -0.2) is 8.78 Å². The molecule has 2 aromatic carbocycles. The van der Waals surface area contributed by atoms with E-state index in [-0.39, 0.29) is 11.6 Å². The van der Waals surface area contributed by atoms with Gasteiger partial charge in [0, 0.05) is 15.4 Å². The average Bonchev–Trinajstić information content (AvgIpc) is 2.43. The lowest BCUT2D eigenvalue weighted by molar-refractivity contribution is -0.115. The van der Waals surface area contributed by atoms with E-state index in [1.54, 1.807) is 6.92 Å². The fourth-order valence-corrected chi connectivity index (χ4v) is 3.10. The van der Waals surface area contributed by atoms with Crippen LogP contribution in [0.2, 0.25) is 0 Å². The minimum Gasteiger partial charge on any atom is -0.323 e. The third-order valence-corrected chi connectivity index (χ3v) is 4.25. The Morgan fingerprint density at radius 1 is 1.24 bits per heavy atom. The molecule has 2 rings (SSSR count). The van der Waals surface area contributed by atoms with E-state index in [2.05, 4.69) is 21.2 Å². The molecule has 0 radical (unpaired) electrons. The summed E-state index contributed by atoms with van der Waals surface area (Å²) in [6, 6.07) is 10.5. The van der Waals surface area contributed by atoms with Crippen LogP contribution in [0.25, 0.3) is 0 Å². The number of anilines is 1. The Kier molecular flexibility index (Phi) is 5.36. The van der Waals surface area contributed by atoms with Gasteiger partial charge in [0.2, 0.25) is 5.91 Å². The molecule has 0 spiro atoms. The molecule has 0 saturated heterocycles. The maximum Gasteiger partial charge on any atom is 0.237 e. The van der Waals surface area contributed by atoms with Gasteiger partial charge in [-0.15, -0.1) is 11.8 Å². The van der Waals surface area contributed by atoms with Crippen molar-refractivity contribution in [3.05, 3.63) is 58.6 Å². The molecule has 1 atom stereocenters. The second-order valence-corrected chi connectivity index (χ2v) is 6.66. The highest BCUT2D eigenvalue weighted by atomic mass is 79.9. The van der Waals surface area contributed by atoms with Crippen molar-refractivity contribution in [1.82, 2.24) is 0 Å². The van der Waals surface area contributed by atoms with Gasteiger partial charge in [0.1, 0.15) is 11.6 Å². The largest absolute Gasteiger partial charge is 0.323 e. The fourth-order valence-electron chi connectivity index (χ4n) is 1.63. The molecule has 2 nitrogen and oxygen atoms in total. The van der Waals surface area contributed by atoms with Crippen LogP contribution in [-0.4, -0.2) is 11.2 Å². The summed E-state index contributed by atoms with van der Waals surface area (Å²) in [4.78, 5) is 12.9. The number of amides is 1. The lowest BCUT2D eigenvalue weighted by Gasteiger charge is -2.12. The Labute approximate surface area is 134 Å². The third kappa shape index (κ3) is 4.54. The Morgan fingerprint density at radius 3 is 2.71 bits per heavy atom. The summed E-state index contributed by atoms with van der Waals surface area (Å²) in [5.41, 5.74) is -0.151. The molecule has 21 heavy (non-hydrogen) atoms. The van der Waals surface area contributed by atoms with Crippen LogP contribution in [0.1, 0.15) is 6.92 Å². The van der Waals surface area contributed by atoms with Gasteiger partial charge in [-0.05, 0) is 37.3 Å². The normalized spacial score (nSPS) is 12.0. The average molecular weight is 372 g/mol. The number of thioether (sulfide) groups is 1. The van der Waals surface area contributed by atoms with Crippen LogP contribution >= 0.6 is 27.7 Å². The van der Waals surface area contributed by atoms with E-state index in [1.807, 2.05) is 24.3 Å². The fraction of sp³-hybridized carbons (Fsp3) is 0.133. The molecule has 1 N–H and O–H groups in total. The monoisotopic (exact) mass is 371 g/mol. The van der Waals surface area contributed by atoms with Crippen LogP contribution in [0.5, 0.6) is 0 Å². The van der Waals surface area contributed by atoms with Crippen LogP contribution in [0, 0.1) is 11.6 Å². The van der Waals surface area contributed by atoms with Crippen molar-refractivity contribution in [2.45, 2.75) is 17.1 Å². The highest BCUT2D eigenvalue weighted by Gasteiger charge is 2.16. The Morgan fingerprint density at radius 2 is 2.00 bits per heavy atom. The third-order valence-electron chi connectivity index (χ3n) is 2.66. The maximum atomic E-state index is 13.5. The summed E-state index contributed by atoms with van der Waals surface area (Å²) in [7, 11) is 0. The molecule has 0 fully saturated rings. The number of carbonyl (C=O) groups is 1. The lowest BCUT2D eigenvalue weighted by atomic mass is 10.3. The summed E-state index contributed by atoms with van der Waals surface area (Å²) in [5.74, 6) is -1.65. The predicted molar refractivity (Wildman–Crippen MR) is 84.4 cm³/mol. The zero-order chi connectivity index (χ0) is 15.4. The zero-order valence-electron chi connectivity index (χ0n) is 11.1. The van der Waals surface area contributed by atoms with E-state index in [0.717, 1.165) is 27.6 Å². The SMILES string of the molecule is CC(Sc1cccc(Br)c1)C(=O)Nc1cc(F)ccc1F. The molecule has 0 heterocycles. The van der Waals surface area contributed by atoms with E-state index in [0.29, 0.717) is 0 Å².